The summed E-state index contributed by atoms with van der Waals surface area (Å²) in [5.41, 5.74) is -0.271. The summed E-state index contributed by atoms with van der Waals surface area (Å²) in [5.74, 6) is -1.48. The van der Waals surface area contributed by atoms with Gasteiger partial charge in [0.25, 0.3) is 0 Å². The number of pyridine rings is 1. The van der Waals surface area contributed by atoms with Crippen LogP contribution in [-0.4, -0.2) is 31.1 Å². The summed E-state index contributed by atoms with van der Waals surface area (Å²) in [6.07, 6.45) is 0. The number of nitrogens with zero attached hydrogens (tertiary/aromatic N) is 3. The fourth-order valence-electron chi connectivity index (χ4n) is 0.992. The maximum absolute atomic E-state index is 11.2. The molecule has 0 radical (unpaired) electrons. The van der Waals surface area contributed by atoms with Crippen LogP contribution < -0.4 is 0 Å². The van der Waals surface area contributed by atoms with E-state index in [1.807, 2.05) is 0 Å². The van der Waals surface area contributed by atoms with Gasteiger partial charge in [-0.3, -0.25) is 0 Å². The number of ether oxygens (including phenoxy) is 2. The summed E-state index contributed by atoms with van der Waals surface area (Å²) in [4.78, 5) is 28.9. The lowest BCUT2D eigenvalue weighted by molar-refractivity contribution is 0.0586. The number of carbonyl (C=O) groups is 2. The molecular weight excluding hydrogens is 214 g/mol. The minimum atomic E-state index is -0.740. The number of hydrogen-bond donors (Lipinski definition) is 0. The van der Waals surface area contributed by atoms with E-state index in [9.17, 15) is 9.59 Å². The molecule has 0 amide bonds. The number of hydrogen-bond acceptors (Lipinski definition) is 6. The lowest BCUT2D eigenvalue weighted by Gasteiger charge is -1.99. The highest BCUT2D eigenvalue weighted by atomic mass is 16.5. The van der Waals surface area contributed by atoms with Crippen LogP contribution in [0.5, 0.6) is 0 Å². The van der Waals surface area contributed by atoms with Crippen molar-refractivity contribution < 1.29 is 19.1 Å². The Bertz CT molecular complexity index is 444. The Hall–Kier alpha value is -2.49. The van der Waals surface area contributed by atoms with Gasteiger partial charge in [0.15, 0.2) is 16.4 Å². The Balaban J connectivity index is 3.27. The first kappa shape index (κ1) is 11.6. The highest BCUT2D eigenvalue weighted by Crippen LogP contribution is 2.16. The summed E-state index contributed by atoms with van der Waals surface area (Å²) in [6, 6.07) is 2.36. The van der Waals surface area contributed by atoms with Gasteiger partial charge >= 0.3 is 17.6 Å². The van der Waals surface area contributed by atoms with E-state index in [4.69, 9.17) is 5.39 Å². The topological polar surface area (TPSA) is 93.6 Å². The SMILES string of the molecule is COC(=O)c1cc([N+]#N)cc(C(=O)OC)n1. The average Bonchev–Trinajstić information content (AvgIpc) is 2.35. The van der Waals surface area contributed by atoms with E-state index in [2.05, 4.69) is 19.4 Å². The molecule has 0 unspecified atom stereocenters. The molecule has 1 rings (SSSR count). The van der Waals surface area contributed by atoms with E-state index in [1.54, 1.807) is 0 Å². The number of esters is 2. The molecule has 1 aromatic rings. The van der Waals surface area contributed by atoms with Crippen LogP contribution in [0.15, 0.2) is 12.1 Å². The highest BCUT2D eigenvalue weighted by molar-refractivity contribution is 5.93. The Kier molecular flexibility index (Phi) is 3.50. The largest absolute Gasteiger partial charge is 0.464 e. The van der Waals surface area contributed by atoms with Crippen LogP contribution in [0.4, 0.5) is 5.69 Å². The van der Waals surface area contributed by atoms with Crippen LogP contribution in [0.1, 0.15) is 21.0 Å². The zero-order chi connectivity index (χ0) is 12.1. The molecule has 0 atom stereocenters. The standard InChI is InChI=1S/C9H8N3O4/c1-15-8(13)6-3-5(12-10)4-7(11-6)9(14)16-2/h3-4H,1-2H3/q+1. The predicted molar refractivity (Wildman–Crippen MR) is 51.7 cm³/mol. The van der Waals surface area contributed by atoms with Gasteiger partial charge in [0, 0.05) is 0 Å². The first-order valence-corrected chi connectivity index (χ1v) is 4.16. The number of rotatable bonds is 2. The summed E-state index contributed by atoms with van der Waals surface area (Å²) in [5, 5.41) is 8.59. The van der Waals surface area contributed by atoms with Crippen LogP contribution in [0, 0.1) is 5.39 Å². The average molecular weight is 222 g/mol. The maximum Gasteiger partial charge on any atom is 0.389 e. The first-order valence-electron chi connectivity index (χ1n) is 4.16. The van der Waals surface area contributed by atoms with Gasteiger partial charge in [-0.05, 0) is 0 Å². The fourth-order valence-corrected chi connectivity index (χ4v) is 0.992. The molecule has 0 bridgehead atoms. The molecule has 0 aliphatic carbocycles. The second kappa shape index (κ2) is 4.84. The molecule has 0 aromatic carbocycles. The minimum Gasteiger partial charge on any atom is -0.464 e. The highest BCUT2D eigenvalue weighted by Gasteiger charge is 2.20. The third kappa shape index (κ3) is 2.30. The lowest BCUT2D eigenvalue weighted by atomic mass is 10.2. The van der Waals surface area contributed by atoms with Crippen LogP contribution >= 0.6 is 0 Å². The van der Waals surface area contributed by atoms with Crippen molar-refractivity contribution in [1.29, 1.82) is 5.39 Å². The molecule has 0 aliphatic heterocycles. The van der Waals surface area contributed by atoms with E-state index in [-0.39, 0.29) is 17.1 Å². The van der Waals surface area contributed by atoms with Gasteiger partial charge in [-0.15, -0.1) is 0 Å². The van der Waals surface area contributed by atoms with E-state index in [0.717, 1.165) is 0 Å². The van der Waals surface area contributed by atoms with Crippen molar-refractivity contribution in [1.82, 2.24) is 4.98 Å². The fraction of sp³-hybridized carbons (Fsp3) is 0.222. The lowest BCUT2D eigenvalue weighted by Crippen LogP contribution is -2.10. The number of carbonyl (C=O) groups excluding carboxylic acids is 2. The maximum atomic E-state index is 11.2. The third-order valence-electron chi connectivity index (χ3n) is 1.71. The number of methoxy groups -OCH3 is 2. The summed E-state index contributed by atoms with van der Waals surface area (Å²) >= 11 is 0. The quantitative estimate of drug-likeness (QED) is 0.550. The van der Waals surface area contributed by atoms with Crippen molar-refractivity contribution in [3.8, 4) is 0 Å². The van der Waals surface area contributed by atoms with Crippen molar-refractivity contribution >= 4 is 17.6 Å². The van der Waals surface area contributed by atoms with Gasteiger partial charge in [-0.2, -0.15) is 0 Å². The number of diazo groups is 1. The predicted octanol–water partition coefficient (Wildman–Crippen LogP) is 1.14. The van der Waals surface area contributed by atoms with Gasteiger partial charge in [-0.25, -0.2) is 14.6 Å². The molecule has 16 heavy (non-hydrogen) atoms. The van der Waals surface area contributed by atoms with Crippen molar-refractivity contribution in [2.24, 2.45) is 0 Å². The third-order valence-corrected chi connectivity index (χ3v) is 1.71. The Morgan fingerprint density at radius 3 is 1.94 bits per heavy atom. The van der Waals surface area contributed by atoms with Crippen LogP contribution in [0.25, 0.3) is 4.98 Å². The van der Waals surface area contributed by atoms with Crippen molar-refractivity contribution in [3.63, 3.8) is 0 Å². The molecule has 0 fully saturated rings. The van der Waals surface area contributed by atoms with E-state index >= 15 is 0 Å². The molecule has 0 spiro atoms. The Morgan fingerprint density at radius 1 is 1.19 bits per heavy atom. The van der Waals surface area contributed by atoms with Gasteiger partial charge < -0.3 is 9.47 Å². The normalized spacial score (nSPS) is 9.06. The van der Waals surface area contributed by atoms with E-state index in [0.29, 0.717) is 0 Å². The monoisotopic (exact) mass is 222 g/mol. The van der Waals surface area contributed by atoms with Crippen molar-refractivity contribution in [3.05, 3.63) is 28.5 Å². The molecule has 1 heterocycles. The van der Waals surface area contributed by atoms with Gasteiger partial charge in [-0.1, -0.05) is 0 Å². The minimum absolute atomic E-state index is 0.0100. The second-order valence-electron chi connectivity index (χ2n) is 2.68. The molecule has 1 aromatic heterocycles. The van der Waals surface area contributed by atoms with Gasteiger partial charge in [0.1, 0.15) is 0 Å². The van der Waals surface area contributed by atoms with Crippen molar-refractivity contribution in [2.75, 3.05) is 14.2 Å². The first-order chi connectivity index (χ1) is 7.62. The van der Waals surface area contributed by atoms with Gasteiger partial charge in [0.05, 0.1) is 26.4 Å². The molecular formula is C9H8N3O4+. The molecule has 82 valence electrons. The zero-order valence-corrected chi connectivity index (χ0v) is 8.63. The molecule has 0 aliphatic rings. The van der Waals surface area contributed by atoms with Gasteiger partial charge in [0.2, 0.25) is 5.39 Å². The Labute approximate surface area is 90.6 Å². The molecule has 0 N–H and O–H groups in total. The van der Waals surface area contributed by atoms with E-state index < -0.39 is 11.9 Å². The molecule has 7 nitrogen and oxygen atoms in total. The van der Waals surface area contributed by atoms with Crippen LogP contribution in [0.2, 0.25) is 0 Å². The van der Waals surface area contributed by atoms with Crippen LogP contribution in [0.3, 0.4) is 0 Å². The molecule has 0 saturated heterocycles. The number of aromatic nitrogens is 1. The summed E-state index contributed by atoms with van der Waals surface area (Å²) in [6.45, 7) is 0. The molecule has 0 saturated carbocycles. The van der Waals surface area contributed by atoms with E-state index in [1.165, 1.54) is 26.4 Å². The second-order valence-corrected chi connectivity index (χ2v) is 2.68. The van der Waals surface area contributed by atoms with Crippen LogP contribution in [-0.2, 0) is 9.47 Å². The summed E-state index contributed by atoms with van der Waals surface area (Å²) in [7, 11) is 2.34. The summed E-state index contributed by atoms with van der Waals surface area (Å²) < 4.78 is 8.85. The van der Waals surface area contributed by atoms with Crippen molar-refractivity contribution in [2.45, 2.75) is 0 Å². The zero-order valence-electron chi connectivity index (χ0n) is 8.63. The Morgan fingerprint density at radius 2 is 1.62 bits per heavy atom. The molecule has 7 heteroatoms. The smallest absolute Gasteiger partial charge is 0.389 e.